The van der Waals surface area contributed by atoms with Crippen LogP contribution in [0.25, 0.3) is 21.6 Å². The Morgan fingerprint density at radius 1 is 1.16 bits per heavy atom. The van der Waals surface area contributed by atoms with E-state index >= 15 is 0 Å². The van der Waals surface area contributed by atoms with Gasteiger partial charge in [0.05, 0.1) is 10.7 Å². The van der Waals surface area contributed by atoms with E-state index < -0.39 is 11.6 Å². The molecule has 0 saturated heterocycles. The van der Waals surface area contributed by atoms with Gasteiger partial charge in [0.15, 0.2) is 0 Å². The largest absolute Gasteiger partial charge is 0.399 e. The number of nitrogens with one attached hydrogen (secondary N) is 2. The molecule has 0 atom stereocenters. The third-order valence-corrected chi connectivity index (χ3v) is 6.66. The predicted molar refractivity (Wildman–Crippen MR) is 122 cm³/mol. The summed E-state index contributed by atoms with van der Waals surface area (Å²) in [6.07, 6.45) is -2.71. The minimum Gasteiger partial charge on any atom is -0.336 e. The molecule has 4 nitrogen and oxygen atoms in total. The molecule has 0 aliphatic heterocycles. The predicted octanol–water partition coefficient (Wildman–Crippen LogP) is 7.25. The topological polar surface area (TPSA) is 54.0 Å². The minimum atomic E-state index is -4.30. The minimum absolute atomic E-state index is 0.00825. The van der Waals surface area contributed by atoms with E-state index in [-0.39, 0.29) is 30.6 Å². The first-order valence-corrected chi connectivity index (χ1v) is 11.3. The fraction of sp³-hybridized carbons (Fsp3) is 0.304. The monoisotopic (exact) mass is 479 g/mol. The molecule has 1 fully saturated rings. The van der Waals surface area contributed by atoms with Gasteiger partial charge in [-0.15, -0.1) is 11.3 Å². The lowest BCUT2D eigenvalue weighted by atomic mass is 9.98. The SMILES string of the molecule is CC(C)NC(=O)Nc1ccc(-c2cc(-c3ccnc(C4(C(F)(F)F)CC4)c3)cs2)c(Cl)c1. The lowest BCUT2D eigenvalue weighted by Gasteiger charge is -2.18. The molecule has 9 heteroatoms. The second kappa shape index (κ2) is 8.41. The van der Waals surface area contributed by atoms with Gasteiger partial charge in [-0.1, -0.05) is 11.6 Å². The molecule has 2 aromatic heterocycles. The highest BCUT2D eigenvalue weighted by atomic mass is 35.5. The first-order valence-electron chi connectivity index (χ1n) is 10.1. The van der Waals surface area contributed by atoms with Gasteiger partial charge >= 0.3 is 12.2 Å². The fourth-order valence-electron chi connectivity index (χ4n) is 3.53. The smallest absolute Gasteiger partial charge is 0.336 e. The number of aromatic nitrogens is 1. The van der Waals surface area contributed by atoms with Gasteiger partial charge in [0.1, 0.15) is 5.41 Å². The van der Waals surface area contributed by atoms with Gasteiger partial charge in [-0.05, 0) is 79.6 Å². The standard InChI is InChI=1S/C23H21ClF3N3OS/c1-13(2)29-21(31)30-16-3-4-17(18(24)11-16)19-9-15(12-32-19)14-5-8-28-20(10-14)22(6-7-22)23(25,26)27/h3-5,8-13H,6-7H2,1-2H3,(H2,29,30,31). The molecule has 2 heterocycles. The summed E-state index contributed by atoms with van der Waals surface area (Å²) in [4.78, 5) is 16.8. The summed E-state index contributed by atoms with van der Waals surface area (Å²) in [5.41, 5.74) is 1.10. The Balaban J connectivity index is 1.56. The van der Waals surface area contributed by atoms with E-state index in [1.807, 2.05) is 31.4 Å². The number of nitrogens with zero attached hydrogens (tertiary/aromatic N) is 1. The van der Waals surface area contributed by atoms with Crippen molar-refractivity contribution in [2.75, 3.05) is 5.32 Å². The number of carbonyl (C=O) groups is 1. The van der Waals surface area contributed by atoms with E-state index in [9.17, 15) is 18.0 Å². The summed E-state index contributed by atoms with van der Waals surface area (Å²) in [5, 5.41) is 7.83. The van der Waals surface area contributed by atoms with Crippen molar-refractivity contribution in [1.29, 1.82) is 0 Å². The molecule has 1 aromatic carbocycles. The molecule has 1 saturated carbocycles. The van der Waals surface area contributed by atoms with Crippen molar-refractivity contribution >= 4 is 34.7 Å². The zero-order chi connectivity index (χ0) is 23.1. The maximum atomic E-state index is 13.5. The van der Waals surface area contributed by atoms with Crippen molar-refractivity contribution in [3.8, 4) is 21.6 Å². The molecule has 0 radical (unpaired) electrons. The third-order valence-electron chi connectivity index (χ3n) is 5.39. The summed E-state index contributed by atoms with van der Waals surface area (Å²) in [7, 11) is 0. The van der Waals surface area contributed by atoms with E-state index in [1.165, 1.54) is 23.6 Å². The molecule has 2 N–H and O–H groups in total. The van der Waals surface area contributed by atoms with Crippen LogP contribution < -0.4 is 10.6 Å². The molecule has 0 spiro atoms. The van der Waals surface area contributed by atoms with Crippen LogP contribution in [0.2, 0.25) is 5.02 Å². The van der Waals surface area contributed by atoms with Crippen LogP contribution in [-0.4, -0.2) is 23.2 Å². The van der Waals surface area contributed by atoms with E-state index in [4.69, 9.17) is 11.6 Å². The Labute approximate surface area is 192 Å². The molecule has 1 aliphatic carbocycles. The van der Waals surface area contributed by atoms with Crippen LogP contribution in [0.5, 0.6) is 0 Å². The first kappa shape index (κ1) is 22.6. The normalized spacial score (nSPS) is 15.0. The van der Waals surface area contributed by atoms with E-state index in [0.29, 0.717) is 16.3 Å². The number of hydrogen-bond donors (Lipinski definition) is 2. The van der Waals surface area contributed by atoms with E-state index in [1.54, 1.807) is 18.2 Å². The number of anilines is 1. The Morgan fingerprint density at radius 2 is 1.91 bits per heavy atom. The second-order valence-corrected chi connectivity index (χ2v) is 9.48. The zero-order valence-corrected chi connectivity index (χ0v) is 19.0. The molecule has 168 valence electrons. The Bertz CT molecular complexity index is 1160. The summed E-state index contributed by atoms with van der Waals surface area (Å²) in [6.45, 7) is 3.73. The van der Waals surface area contributed by atoms with Gasteiger partial charge in [-0.2, -0.15) is 13.2 Å². The van der Waals surface area contributed by atoms with Gasteiger partial charge in [-0.25, -0.2) is 4.79 Å². The molecule has 1 aliphatic rings. The van der Waals surface area contributed by atoms with Gasteiger partial charge in [0, 0.05) is 28.4 Å². The number of thiophene rings is 1. The van der Waals surface area contributed by atoms with Crippen molar-refractivity contribution in [2.24, 2.45) is 0 Å². The Kier molecular flexibility index (Phi) is 5.94. The molecule has 32 heavy (non-hydrogen) atoms. The summed E-state index contributed by atoms with van der Waals surface area (Å²) in [5.74, 6) is 0. The number of halogens is 4. The van der Waals surface area contributed by atoms with Crippen LogP contribution in [0.1, 0.15) is 32.4 Å². The molecular formula is C23H21ClF3N3OS. The molecule has 0 bridgehead atoms. The quantitative estimate of drug-likeness (QED) is 0.404. The lowest BCUT2D eigenvalue weighted by Crippen LogP contribution is -2.34. The van der Waals surface area contributed by atoms with Crippen molar-refractivity contribution in [1.82, 2.24) is 10.3 Å². The van der Waals surface area contributed by atoms with Crippen LogP contribution >= 0.6 is 22.9 Å². The third kappa shape index (κ3) is 4.47. The maximum Gasteiger partial charge on any atom is 0.399 e. The first-order chi connectivity index (χ1) is 15.1. The van der Waals surface area contributed by atoms with Crippen LogP contribution in [0.15, 0.2) is 48.0 Å². The molecular weight excluding hydrogens is 459 g/mol. The number of pyridine rings is 1. The summed E-state index contributed by atoms with van der Waals surface area (Å²) >= 11 is 7.90. The number of alkyl halides is 3. The average Bonchev–Trinajstić information content (AvgIpc) is 3.40. The number of hydrogen-bond acceptors (Lipinski definition) is 3. The number of amides is 2. The second-order valence-electron chi connectivity index (χ2n) is 8.16. The summed E-state index contributed by atoms with van der Waals surface area (Å²) < 4.78 is 40.4. The van der Waals surface area contributed by atoms with E-state index in [0.717, 1.165) is 16.0 Å². The average molecular weight is 480 g/mol. The van der Waals surface area contributed by atoms with Crippen molar-refractivity contribution < 1.29 is 18.0 Å². The van der Waals surface area contributed by atoms with Crippen LogP contribution in [0.4, 0.5) is 23.7 Å². The van der Waals surface area contributed by atoms with Gasteiger partial charge in [-0.3, -0.25) is 4.98 Å². The van der Waals surface area contributed by atoms with Crippen LogP contribution in [0, 0.1) is 0 Å². The van der Waals surface area contributed by atoms with Crippen molar-refractivity contribution in [2.45, 2.75) is 44.3 Å². The number of rotatable bonds is 5. The Hall–Kier alpha value is -2.58. The van der Waals surface area contributed by atoms with Crippen molar-refractivity contribution in [3.63, 3.8) is 0 Å². The number of carbonyl (C=O) groups excluding carboxylic acids is 1. The molecule has 3 aromatic rings. The highest BCUT2D eigenvalue weighted by molar-refractivity contribution is 7.14. The van der Waals surface area contributed by atoms with Crippen molar-refractivity contribution in [3.05, 3.63) is 58.7 Å². The number of urea groups is 1. The highest BCUT2D eigenvalue weighted by Crippen LogP contribution is 2.58. The number of benzene rings is 1. The summed E-state index contributed by atoms with van der Waals surface area (Å²) in [6, 6.07) is 10.1. The Morgan fingerprint density at radius 3 is 2.53 bits per heavy atom. The fourth-order valence-corrected chi connectivity index (χ4v) is 4.83. The maximum absolute atomic E-state index is 13.5. The van der Waals surface area contributed by atoms with Crippen LogP contribution in [0.3, 0.4) is 0 Å². The lowest BCUT2D eigenvalue weighted by molar-refractivity contribution is -0.161. The molecule has 2 amide bonds. The molecule has 0 unspecified atom stereocenters. The zero-order valence-electron chi connectivity index (χ0n) is 17.4. The van der Waals surface area contributed by atoms with E-state index in [2.05, 4.69) is 15.6 Å². The van der Waals surface area contributed by atoms with Gasteiger partial charge < -0.3 is 10.6 Å². The van der Waals surface area contributed by atoms with Crippen LogP contribution in [-0.2, 0) is 5.41 Å². The molecule has 4 rings (SSSR count). The van der Waals surface area contributed by atoms with Gasteiger partial charge in [0.2, 0.25) is 0 Å². The highest BCUT2D eigenvalue weighted by Gasteiger charge is 2.65. The van der Waals surface area contributed by atoms with Gasteiger partial charge in [0.25, 0.3) is 0 Å².